The quantitative estimate of drug-likeness (QED) is 0.370. The molecule has 0 unspecified atom stereocenters. The maximum atomic E-state index is 12.0. The summed E-state index contributed by atoms with van der Waals surface area (Å²) in [5.74, 6) is -1.45. The Morgan fingerprint density at radius 2 is 1.81 bits per heavy atom. The molecule has 0 aromatic heterocycles. The lowest BCUT2D eigenvalue weighted by molar-refractivity contribution is -0.136. The summed E-state index contributed by atoms with van der Waals surface area (Å²) >= 11 is 0. The molecule has 1 aliphatic carbocycles. The molecule has 0 heterocycles. The number of carbonyl (C=O) groups excluding carboxylic acids is 3. The second-order valence-electron chi connectivity index (χ2n) is 4.60. The van der Waals surface area contributed by atoms with Crippen molar-refractivity contribution < 1.29 is 19.1 Å². The van der Waals surface area contributed by atoms with Crippen LogP contribution in [0.1, 0.15) is 19.4 Å². The first-order chi connectivity index (χ1) is 9.99. The third-order valence-corrected chi connectivity index (χ3v) is 2.91. The molecular formula is C17H14O4. The Bertz CT molecular complexity index is 691. The number of allylic oxidation sites excluding steroid dienone is 4. The summed E-state index contributed by atoms with van der Waals surface area (Å²) in [6, 6.07) is 9.30. The Kier molecular flexibility index (Phi) is 4.28. The van der Waals surface area contributed by atoms with E-state index in [0.29, 0.717) is 5.57 Å². The molecule has 1 aromatic rings. The van der Waals surface area contributed by atoms with Gasteiger partial charge in [0.05, 0.1) is 0 Å². The van der Waals surface area contributed by atoms with Crippen molar-refractivity contribution in [3.8, 4) is 0 Å². The van der Waals surface area contributed by atoms with Crippen molar-refractivity contribution in [1.82, 2.24) is 0 Å². The summed E-state index contributed by atoms with van der Waals surface area (Å²) in [6.45, 7) is 2.78. The standard InChI is InChI=1S/C17H14O4/c1-11-10-14(19)16(17(11)20)15(21-12(2)18)9-8-13-6-4-3-5-7-13/h3-10H,1-2H3/b9-8+,16-15+. The SMILES string of the molecule is CC(=O)OC(/C=C/c1ccccc1)=C1\C(=O)C=C(C)C1=O. The zero-order valence-electron chi connectivity index (χ0n) is 11.8. The van der Waals surface area contributed by atoms with Gasteiger partial charge in [-0.3, -0.25) is 14.4 Å². The van der Waals surface area contributed by atoms with Gasteiger partial charge in [0.15, 0.2) is 11.6 Å². The fourth-order valence-electron chi connectivity index (χ4n) is 1.94. The molecule has 1 aliphatic rings. The van der Waals surface area contributed by atoms with E-state index in [1.807, 2.05) is 30.3 Å². The Hall–Kier alpha value is -2.75. The van der Waals surface area contributed by atoms with Crippen LogP contribution in [0.4, 0.5) is 0 Å². The summed E-state index contributed by atoms with van der Waals surface area (Å²) in [5, 5.41) is 0. The first kappa shape index (κ1) is 14.7. The number of benzene rings is 1. The average molecular weight is 282 g/mol. The minimum absolute atomic E-state index is 0.0190. The van der Waals surface area contributed by atoms with Crippen LogP contribution in [0.25, 0.3) is 6.08 Å². The molecule has 106 valence electrons. The molecule has 0 bridgehead atoms. The Morgan fingerprint density at radius 3 is 2.33 bits per heavy atom. The molecule has 4 heteroatoms. The van der Waals surface area contributed by atoms with E-state index in [9.17, 15) is 14.4 Å². The summed E-state index contributed by atoms with van der Waals surface area (Å²) < 4.78 is 5.02. The first-order valence-corrected chi connectivity index (χ1v) is 6.42. The highest BCUT2D eigenvalue weighted by molar-refractivity contribution is 6.36. The molecule has 0 fully saturated rings. The fraction of sp³-hybridized carbons (Fsp3) is 0.118. The lowest BCUT2D eigenvalue weighted by atomic mass is 10.1. The first-order valence-electron chi connectivity index (χ1n) is 6.42. The second-order valence-corrected chi connectivity index (χ2v) is 4.60. The zero-order chi connectivity index (χ0) is 15.4. The van der Waals surface area contributed by atoms with Gasteiger partial charge in [-0.1, -0.05) is 36.4 Å². The van der Waals surface area contributed by atoms with Gasteiger partial charge >= 0.3 is 5.97 Å². The lowest BCUT2D eigenvalue weighted by Crippen LogP contribution is -2.10. The summed E-state index contributed by atoms with van der Waals surface area (Å²) in [6.07, 6.45) is 4.39. The van der Waals surface area contributed by atoms with Gasteiger partial charge in [-0.2, -0.15) is 0 Å². The van der Waals surface area contributed by atoms with Crippen LogP contribution in [-0.2, 0) is 19.1 Å². The van der Waals surface area contributed by atoms with E-state index >= 15 is 0 Å². The van der Waals surface area contributed by atoms with Crippen molar-refractivity contribution in [2.24, 2.45) is 0 Å². The van der Waals surface area contributed by atoms with Crippen LogP contribution in [0.15, 0.2) is 59.4 Å². The molecule has 0 N–H and O–H groups in total. The number of Topliss-reactive ketones (excluding diaryl/α,β-unsaturated/α-hetero) is 1. The smallest absolute Gasteiger partial charge is 0.308 e. The van der Waals surface area contributed by atoms with E-state index in [2.05, 4.69) is 0 Å². The number of rotatable bonds is 3. The molecular weight excluding hydrogens is 268 g/mol. The highest BCUT2D eigenvalue weighted by Gasteiger charge is 2.29. The van der Waals surface area contributed by atoms with Crippen LogP contribution in [0, 0.1) is 0 Å². The van der Waals surface area contributed by atoms with Gasteiger partial charge in [0, 0.05) is 12.5 Å². The van der Waals surface area contributed by atoms with Crippen LogP contribution in [0.5, 0.6) is 0 Å². The number of hydrogen-bond acceptors (Lipinski definition) is 4. The minimum atomic E-state index is -0.583. The maximum Gasteiger partial charge on any atom is 0.308 e. The van der Waals surface area contributed by atoms with E-state index in [1.54, 1.807) is 13.0 Å². The van der Waals surface area contributed by atoms with Gasteiger partial charge in [-0.05, 0) is 24.6 Å². The van der Waals surface area contributed by atoms with Crippen molar-refractivity contribution in [2.75, 3.05) is 0 Å². The van der Waals surface area contributed by atoms with Gasteiger partial charge < -0.3 is 4.74 Å². The third kappa shape index (κ3) is 3.42. The van der Waals surface area contributed by atoms with Crippen molar-refractivity contribution in [1.29, 1.82) is 0 Å². The molecule has 0 spiro atoms. The van der Waals surface area contributed by atoms with Gasteiger partial charge in [0.25, 0.3) is 0 Å². The highest BCUT2D eigenvalue weighted by atomic mass is 16.5. The summed E-state index contributed by atoms with van der Waals surface area (Å²) in [7, 11) is 0. The van der Waals surface area contributed by atoms with Crippen molar-refractivity contribution in [3.05, 3.63) is 65.0 Å². The molecule has 21 heavy (non-hydrogen) atoms. The Morgan fingerprint density at radius 1 is 1.14 bits per heavy atom. The van der Waals surface area contributed by atoms with Crippen LogP contribution < -0.4 is 0 Å². The van der Waals surface area contributed by atoms with E-state index in [-0.39, 0.29) is 11.3 Å². The number of hydrogen-bond donors (Lipinski definition) is 0. The summed E-state index contributed by atoms with van der Waals surface area (Å²) in [4.78, 5) is 35.0. The van der Waals surface area contributed by atoms with E-state index in [1.165, 1.54) is 19.1 Å². The molecule has 0 radical (unpaired) electrons. The third-order valence-electron chi connectivity index (χ3n) is 2.91. The number of ketones is 2. The summed E-state index contributed by atoms with van der Waals surface area (Å²) in [5.41, 5.74) is 1.10. The van der Waals surface area contributed by atoms with Crippen LogP contribution in [-0.4, -0.2) is 17.5 Å². The van der Waals surface area contributed by atoms with Crippen LogP contribution in [0.2, 0.25) is 0 Å². The molecule has 0 saturated heterocycles. The molecule has 0 aliphatic heterocycles. The molecule has 1 aromatic carbocycles. The topological polar surface area (TPSA) is 60.4 Å². The molecule has 4 nitrogen and oxygen atoms in total. The Balaban J connectivity index is 2.41. The molecule has 2 rings (SSSR count). The fourth-order valence-corrected chi connectivity index (χ4v) is 1.94. The van der Waals surface area contributed by atoms with Crippen LogP contribution in [0.3, 0.4) is 0 Å². The maximum absolute atomic E-state index is 12.0. The number of ether oxygens (including phenoxy) is 1. The largest absolute Gasteiger partial charge is 0.426 e. The number of esters is 1. The Labute approximate surface area is 122 Å². The van der Waals surface area contributed by atoms with Gasteiger partial charge in [0.1, 0.15) is 11.3 Å². The predicted octanol–water partition coefficient (Wildman–Crippen LogP) is 2.62. The van der Waals surface area contributed by atoms with Gasteiger partial charge in [0.2, 0.25) is 0 Å². The van der Waals surface area contributed by atoms with Crippen molar-refractivity contribution >= 4 is 23.6 Å². The van der Waals surface area contributed by atoms with Gasteiger partial charge in [-0.25, -0.2) is 0 Å². The average Bonchev–Trinajstić information content (AvgIpc) is 2.69. The molecule has 0 saturated carbocycles. The number of carbonyl (C=O) groups is 3. The zero-order valence-corrected chi connectivity index (χ0v) is 11.8. The lowest BCUT2D eigenvalue weighted by Gasteiger charge is -2.05. The van der Waals surface area contributed by atoms with Crippen LogP contribution >= 0.6 is 0 Å². The second kappa shape index (κ2) is 6.13. The van der Waals surface area contributed by atoms with Gasteiger partial charge in [-0.15, -0.1) is 0 Å². The van der Waals surface area contributed by atoms with E-state index in [4.69, 9.17) is 4.74 Å². The van der Waals surface area contributed by atoms with E-state index in [0.717, 1.165) is 5.56 Å². The predicted molar refractivity (Wildman–Crippen MR) is 78.0 cm³/mol. The van der Waals surface area contributed by atoms with Crippen molar-refractivity contribution in [3.63, 3.8) is 0 Å². The molecule has 0 amide bonds. The normalized spacial score (nSPS) is 17.1. The molecule has 0 atom stereocenters. The monoisotopic (exact) mass is 282 g/mol. The highest BCUT2D eigenvalue weighted by Crippen LogP contribution is 2.22. The minimum Gasteiger partial charge on any atom is -0.426 e. The van der Waals surface area contributed by atoms with Crippen molar-refractivity contribution in [2.45, 2.75) is 13.8 Å². The van der Waals surface area contributed by atoms with E-state index < -0.39 is 17.5 Å².